The second-order valence-corrected chi connectivity index (χ2v) is 1.79. The molecule has 3 heteroatoms. The lowest BCUT2D eigenvalue weighted by atomic mass is 9.87. The molecule has 1 rings (SSSR count). The Hall–Kier alpha value is -0.465. The predicted octanol–water partition coefficient (Wildman–Crippen LogP) is -0.294. The summed E-state index contributed by atoms with van der Waals surface area (Å²) < 4.78 is 0. The second-order valence-electron chi connectivity index (χ2n) is 1.79. The van der Waals surface area contributed by atoms with E-state index in [2.05, 4.69) is 10.5 Å². The molecule has 7 heavy (non-hydrogen) atoms. The van der Waals surface area contributed by atoms with Gasteiger partial charge in [-0.3, -0.25) is 0 Å². The molecule has 0 aromatic carbocycles. The lowest BCUT2D eigenvalue weighted by molar-refractivity contribution is 0.648. The number of hydrogen-bond acceptors (Lipinski definition) is 2. The number of hydrazone groups is 1. The Morgan fingerprint density at radius 2 is 2.57 bits per heavy atom. The lowest BCUT2D eigenvalue weighted by Gasteiger charge is -2.04. The molecular formula is C4H7BN2. The van der Waals surface area contributed by atoms with Crippen LogP contribution in [0.1, 0.15) is 6.92 Å². The largest absolute Gasteiger partial charge is 0.316 e. The number of nitrogens with zero attached hydrogens (tertiary/aromatic N) is 1. The first-order valence-corrected chi connectivity index (χ1v) is 2.35. The summed E-state index contributed by atoms with van der Waals surface area (Å²) in [5, 5.41) is 3.75. The van der Waals surface area contributed by atoms with Crippen LogP contribution >= 0.6 is 0 Å². The first kappa shape index (κ1) is 4.69. The fourth-order valence-corrected chi connectivity index (χ4v) is 0.457. The summed E-state index contributed by atoms with van der Waals surface area (Å²) in [6, 6.07) is 0. The van der Waals surface area contributed by atoms with Gasteiger partial charge < -0.3 is 5.43 Å². The van der Waals surface area contributed by atoms with Gasteiger partial charge in [-0.05, 0) is 0 Å². The zero-order valence-electron chi connectivity index (χ0n) is 4.26. The molecule has 1 N–H and O–H groups in total. The maximum atomic E-state index is 5.44. The van der Waals surface area contributed by atoms with Crippen molar-refractivity contribution in [3.8, 4) is 0 Å². The van der Waals surface area contributed by atoms with E-state index in [0.717, 1.165) is 0 Å². The quantitative estimate of drug-likeness (QED) is 0.409. The van der Waals surface area contributed by atoms with E-state index < -0.39 is 0 Å². The summed E-state index contributed by atoms with van der Waals surface area (Å²) in [4.78, 5) is 0. The molecule has 2 nitrogen and oxygen atoms in total. The molecule has 1 aliphatic rings. The van der Waals surface area contributed by atoms with Crippen molar-refractivity contribution in [1.82, 2.24) is 5.43 Å². The predicted molar refractivity (Wildman–Crippen MR) is 30.3 cm³/mol. The summed E-state index contributed by atoms with van der Waals surface area (Å²) in [5.74, 6) is 0.431. The smallest absolute Gasteiger partial charge is 0.102 e. The van der Waals surface area contributed by atoms with Crippen molar-refractivity contribution in [2.45, 2.75) is 12.9 Å². The average molecular weight is 93.9 g/mol. The Kier molecular flexibility index (Phi) is 1.05. The highest BCUT2D eigenvalue weighted by molar-refractivity contribution is 6.13. The third-order valence-electron chi connectivity index (χ3n) is 1.10. The summed E-state index contributed by atoms with van der Waals surface area (Å²) in [7, 11) is 5.44. The molecule has 0 aromatic rings. The van der Waals surface area contributed by atoms with Crippen LogP contribution in [0.15, 0.2) is 5.10 Å². The molecular weight excluding hydrogens is 86.9 g/mol. The van der Waals surface area contributed by atoms with Crippen molar-refractivity contribution < 1.29 is 0 Å². The highest BCUT2D eigenvalue weighted by atomic mass is 15.3. The second kappa shape index (κ2) is 1.56. The SMILES string of the molecule is [B]C1NN=CC1C. The molecule has 0 fully saturated rings. The Labute approximate surface area is 44.4 Å². The van der Waals surface area contributed by atoms with Crippen molar-refractivity contribution in [2.75, 3.05) is 0 Å². The highest BCUT2D eigenvalue weighted by Gasteiger charge is 2.11. The molecule has 36 valence electrons. The number of hydrogen-bond donors (Lipinski definition) is 1. The Balaban J connectivity index is 2.45. The van der Waals surface area contributed by atoms with Crippen LogP contribution in [0.25, 0.3) is 0 Å². The number of rotatable bonds is 0. The van der Waals surface area contributed by atoms with Gasteiger partial charge in [-0.2, -0.15) is 5.10 Å². The van der Waals surface area contributed by atoms with Gasteiger partial charge in [-0.25, -0.2) is 0 Å². The number of nitrogens with one attached hydrogen (secondary N) is 1. The van der Waals surface area contributed by atoms with Crippen LogP contribution < -0.4 is 5.43 Å². The molecule has 2 unspecified atom stereocenters. The van der Waals surface area contributed by atoms with Gasteiger partial charge in [0.15, 0.2) is 0 Å². The molecule has 0 amide bonds. The minimum Gasteiger partial charge on any atom is -0.316 e. The van der Waals surface area contributed by atoms with Crippen molar-refractivity contribution in [1.29, 1.82) is 0 Å². The van der Waals surface area contributed by atoms with E-state index in [1.165, 1.54) is 0 Å². The lowest BCUT2D eigenvalue weighted by Crippen LogP contribution is -2.25. The molecule has 2 radical (unpaired) electrons. The van der Waals surface area contributed by atoms with E-state index in [1.807, 2.05) is 13.1 Å². The van der Waals surface area contributed by atoms with Crippen LogP contribution in [0.3, 0.4) is 0 Å². The molecule has 0 aromatic heterocycles. The fourth-order valence-electron chi connectivity index (χ4n) is 0.457. The van der Waals surface area contributed by atoms with E-state index in [0.29, 0.717) is 5.92 Å². The third kappa shape index (κ3) is 0.761. The summed E-state index contributed by atoms with van der Waals surface area (Å²) in [5.41, 5.74) is 2.72. The van der Waals surface area contributed by atoms with Gasteiger partial charge in [0.2, 0.25) is 0 Å². The van der Waals surface area contributed by atoms with Crippen LogP contribution in [-0.2, 0) is 0 Å². The summed E-state index contributed by atoms with van der Waals surface area (Å²) >= 11 is 0. The van der Waals surface area contributed by atoms with E-state index in [9.17, 15) is 0 Å². The van der Waals surface area contributed by atoms with Gasteiger partial charge in [0.1, 0.15) is 7.85 Å². The molecule has 1 heterocycles. The average Bonchev–Trinajstić information content (AvgIpc) is 1.91. The van der Waals surface area contributed by atoms with E-state index >= 15 is 0 Å². The van der Waals surface area contributed by atoms with Crippen LogP contribution in [0.2, 0.25) is 0 Å². The van der Waals surface area contributed by atoms with Crippen LogP contribution in [-0.4, -0.2) is 20.0 Å². The standard InChI is InChI=1S/C4H7BN2/c1-3-2-6-7-4(3)5/h2-4,7H,1H3. The van der Waals surface area contributed by atoms with Gasteiger partial charge in [-0.15, -0.1) is 0 Å². The molecule has 0 saturated carbocycles. The maximum absolute atomic E-state index is 5.44. The summed E-state index contributed by atoms with van der Waals surface area (Å²) in [6.45, 7) is 2.02. The van der Waals surface area contributed by atoms with Crippen molar-refractivity contribution in [3.05, 3.63) is 0 Å². The normalized spacial score (nSPS) is 38.4. The van der Waals surface area contributed by atoms with E-state index in [1.54, 1.807) is 0 Å². The van der Waals surface area contributed by atoms with Crippen molar-refractivity contribution in [3.63, 3.8) is 0 Å². The zero-order chi connectivity index (χ0) is 5.28. The fraction of sp³-hybridized carbons (Fsp3) is 0.750. The molecule has 0 aliphatic carbocycles. The minimum absolute atomic E-state index is 0.0417. The van der Waals surface area contributed by atoms with Crippen molar-refractivity contribution >= 4 is 14.1 Å². The van der Waals surface area contributed by atoms with E-state index in [4.69, 9.17) is 7.85 Å². The zero-order valence-corrected chi connectivity index (χ0v) is 4.26. The first-order chi connectivity index (χ1) is 3.30. The third-order valence-corrected chi connectivity index (χ3v) is 1.10. The van der Waals surface area contributed by atoms with Gasteiger partial charge >= 0.3 is 0 Å². The van der Waals surface area contributed by atoms with Gasteiger partial charge in [0, 0.05) is 18.1 Å². The summed E-state index contributed by atoms with van der Waals surface area (Å²) in [6.07, 6.45) is 1.81. The highest BCUT2D eigenvalue weighted by Crippen LogP contribution is 1.99. The molecule has 2 atom stereocenters. The van der Waals surface area contributed by atoms with Crippen LogP contribution in [0.5, 0.6) is 0 Å². The Morgan fingerprint density at radius 3 is 2.71 bits per heavy atom. The minimum atomic E-state index is 0.0417. The van der Waals surface area contributed by atoms with Gasteiger partial charge in [0.05, 0.1) is 0 Å². The molecule has 1 aliphatic heterocycles. The van der Waals surface area contributed by atoms with E-state index in [-0.39, 0.29) is 5.94 Å². The van der Waals surface area contributed by atoms with Crippen molar-refractivity contribution in [2.24, 2.45) is 11.0 Å². The maximum Gasteiger partial charge on any atom is 0.102 e. The Bertz CT molecular complexity index is 91.7. The Morgan fingerprint density at radius 1 is 1.86 bits per heavy atom. The van der Waals surface area contributed by atoms with Crippen LogP contribution in [0, 0.1) is 5.92 Å². The monoisotopic (exact) mass is 94.1 g/mol. The first-order valence-electron chi connectivity index (χ1n) is 2.35. The van der Waals surface area contributed by atoms with Crippen LogP contribution in [0.4, 0.5) is 0 Å². The molecule has 0 spiro atoms. The topological polar surface area (TPSA) is 24.4 Å². The molecule has 0 saturated heterocycles. The van der Waals surface area contributed by atoms with Gasteiger partial charge in [0.25, 0.3) is 0 Å². The van der Waals surface area contributed by atoms with Gasteiger partial charge in [-0.1, -0.05) is 6.92 Å². The molecule has 0 bridgehead atoms.